The highest BCUT2D eigenvalue weighted by atomic mass is 16.5. The maximum atomic E-state index is 12.4. The second kappa shape index (κ2) is 10.5. The van der Waals surface area contributed by atoms with Gasteiger partial charge in [0.2, 0.25) is 11.8 Å². The summed E-state index contributed by atoms with van der Waals surface area (Å²) in [7, 11) is 1.66. The van der Waals surface area contributed by atoms with E-state index in [4.69, 9.17) is 9.47 Å². The lowest BCUT2D eigenvalue weighted by molar-refractivity contribution is -0.138. The Kier molecular flexibility index (Phi) is 7.47. The van der Waals surface area contributed by atoms with Gasteiger partial charge in [0.15, 0.2) is 0 Å². The molecule has 3 rings (SSSR count). The van der Waals surface area contributed by atoms with Crippen molar-refractivity contribution in [2.24, 2.45) is 0 Å². The smallest absolute Gasteiger partial charge is 0.248 e. The molecule has 7 heteroatoms. The summed E-state index contributed by atoms with van der Waals surface area (Å²) in [5, 5.41) is 2.78. The number of amides is 2. The van der Waals surface area contributed by atoms with Crippen LogP contribution in [0.15, 0.2) is 54.6 Å². The first-order valence-corrected chi connectivity index (χ1v) is 9.71. The van der Waals surface area contributed by atoms with Gasteiger partial charge in [-0.3, -0.25) is 9.59 Å². The molecule has 0 aromatic heterocycles. The Labute approximate surface area is 171 Å². The molecule has 1 saturated heterocycles. The van der Waals surface area contributed by atoms with Crippen molar-refractivity contribution in [3.63, 3.8) is 0 Å². The Balaban J connectivity index is 1.36. The van der Waals surface area contributed by atoms with Gasteiger partial charge in [-0.25, -0.2) is 0 Å². The summed E-state index contributed by atoms with van der Waals surface area (Å²) < 4.78 is 10.7. The maximum Gasteiger partial charge on any atom is 0.248 e. The van der Waals surface area contributed by atoms with Crippen molar-refractivity contribution in [1.29, 1.82) is 0 Å². The molecule has 0 aliphatic carbocycles. The minimum absolute atomic E-state index is 0.0899. The van der Waals surface area contributed by atoms with Gasteiger partial charge in [-0.05, 0) is 17.7 Å². The summed E-state index contributed by atoms with van der Waals surface area (Å²) in [6.07, 6.45) is 0. The molecule has 2 aromatic carbocycles. The van der Waals surface area contributed by atoms with Crippen molar-refractivity contribution in [2.75, 3.05) is 51.4 Å². The summed E-state index contributed by atoms with van der Waals surface area (Å²) in [5.41, 5.74) is 2.05. The van der Waals surface area contributed by atoms with Crippen molar-refractivity contribution in [3.8, 4) is 5.75 Å². The molecule has 0 spiro atoms. The van der Waals surface area contributed by atoms with Gasteiger partial charge in [0.1, 0.15) is 19.0 Å². The molecule has 2 aromatic rings. The van der Waals surface area contributed by atoms with Gasteiger partial charge in [0.05, 0.1) is 12.8 Å². The van der Waals surface area contributed by atoms with Crippen LogP contribution >= 0.6 is 0 Å². The fourth-order valence-corrected chi connectivity index (χ4v) is 3.26. The van der Waals surface area contributed by atoms with Gasteiger partial charge in [-0.15, -0.1) is 0 Å². The third kappa shape index (κ3) is 5.96. The Hall–Kier alpha value is -3.06. The fraction of sp³-hybridized carbons (Fsp3) is 0.364. The Bertz CT molecular complexity index is 805. The molecule has 1 aliphatic rings. The Morgan fingerprint density at radius 1 is 0.931 bits per heavy atom. The van der Waals surface area contributed by atoms with E-state index >= 15 is 0 Å². The van der Waals surface area contributed by atoms with Gasteiger partial charge in [0, 0.05) is 32.7 Å². The summed E-state index contributed by atoms with van der Waals surface area (Å²) in [6, 6.07) is 17.5. The van der Waals surface area contributed by atoms with Crippen molar-refractivity contribution in [3.05, 3.63) is 60.2 Å². The Morgan fingerprint density at radius 3 is 2.34 bits per heavy atom. The van der Waals surface area contributed by atoms with Gasteiger partial charge in [-0.2, -0.15) is 0 Å². The molecule has 1 heterocycles. The summed E-state index contributed by atoms with van der Waals surface area (Å²) in [4.78, 5) is 28.2. The molecule has 0 unspecified atom stereocenters. The van der Waals surface area contributed by atoms with Crippen LogP contribution < -0.4 is 15.0 Å². The number of hydrogen-bond acceptors (Lipinski definition) is 5. The number of anilines is 1. The number of carbonyl (C=O) groups excluding carboxylic acids is 2. The van der Waals surface area contributed by atoms with Gasteiger partial charge < -0.3 is 24.6 Å². The number of methoxy groups -OCH3 is 1. The van der Waals surface area contributed by atoms with E-state index in [-0.39, 0.29) is 25.0 Å². The van der Waals surface area contributed by atoms with Crippen LogP contribution in [0.25, 0.3) is 0 Å². The molecule has 0 saturated carbocycles. The van der Waals surface area contributed by atoms with E-state index in [1.165, 1.54) is 0 Å². The van der Waals surface area contributed by atoms with E-state index in [1.54, 1.807) is 12.0 Å². The maximum absolute atomic E-state index is 12.4. The fourth-order valence-electron chi connectivity index (χ4n) is 3.26. The van der Waals surface area contributed by atoms with E-state index in [0.29, 0.717) is 19.6 Å². The highest BCUT2D eigenvalue weighted by Gasteiger charge is 2.23. The van der Waals surface area contributed by atoms with E-state index in [9.17, 15) is 9.59 Å². The second-order valence-corrected chi connectivity index (χ2v) is 6.79. The van der Waals surface area contributed by atoms with Crippen LogP contribution in [0.4, 0.5) is 5.69 Å². The third-order valence-electron chi connectivity index (χ3n) is 4.85. The zero-order valence-electron chi connectivity index (χ0n) is 16.7. The predicted octanol–water partition coefficient (Wildman–Crippen LogP) is 1.68. The largest absolute Gasteiger partial charge is 0.495 e. The van der Waals surface area contributed by atoms with Crippen LogP contribution in [0, 0.1) is 0 Å². The van der Waals surface area contributed by atoms with Crippen LogP contribution in [0.2, 0.25) is 0 Å². The number of para-hydroxylation sites is 2. The standard InChI is InChI=1S/C22H27N3O4/c1-28-20-10-6-5-9-19(20)24-11-13-25(14-12-24)22(27)17-29-16-21(26)23-15-18-7-3-2-4-8-18/h2-10H,11-17H2,1H3,(H,23,26). The molecule has 154 valence electrons. The number of benzene rings is 2. The van der Waals surface area contributed by atoms with Crippen molar-refractivity contribution >= 4 is 17.5 Å². The topological polar surface area (TPSA) is 71.1 Å². The zero-order chi connectivity index (χ0) is 20.5. The van der Waals surface area contributed by atoms with Crippen LogP contribution in [0.1, 0.15) is 5.56 Å². The number of nitrogens with zero attached hydrogens (tertiary/aromatic N) is 2. The molecular formula is C22H27N3O4. The van der Waals surface area contributed by atoms with E-state index in [0.717, 1.165) is 30.1 Å². The molecule has 0 bridgehead atoms. The first-order chi connectivity index (χ1) is 14.2. The van der Waals surface area contributed by atoms with Gasteiger partial charge in [0.25, 0.3) is 0 Å². The molecular weight excluding hydrogens is 370 g/mol. The highest BCUT2D eigenvalue weighted by Crippen LogP contribution is 2.28. The zero-order valence-corrected chi connectivity index (χ0v) is 16.7. The summed E-state index contributed by atoms with van der Waals surface area (Å²) >= 11 is 0. The predicted molar refractivity (Wildman–Crippen MR) is 111 cm³/mol. The SMILES string of the molecule is COc1ccccc1N1CCN(C(=O)COCC(=O)NCc2ccccc2)CC1. The molecule has 29 heavy (non-hydrogen) atoms. The van der Waals surface area contributed by atoms with Gasteiger partial charge >= 0.3 is 0 Å². The average molecular weight is 397 g/mol. The first kappa shape index (κ1) is 20.7. The van der Waals surface area contributed by atoms with Crippen LogP contribution in [-0.4, -0.2) is 63.2 Å². The number of piperazine rings is 1. The van der Waals surface area contributed by atoms with Crippen molar-refractivity contribution < 1.29 is 19.1 Å². The molecule has 0 radical (unpaired) electrons. The van der Waals surface area contributed by atoms with Crippen molar-refractivity contribution in [2.45, 2.75) is 6.54 Å². The molecule has 0 atom stereocenters. The minimum atomic E-state index is -0.234. The normalized spacial score (nSPS) is 13.8. The molecule has 7 nitrogen and oxygen atoms in total. The van der Waals surface area contributed by atoms with E-state index in [1.807, 2.05) is 54.6 Å². The highest BCUT2D eigenvalue weighted by molar-refractivity contribution is 5.80. The molecule has 2 amide bonds. The first-order valence-electron chi connectivity index (χ1n) is 9.71. The lowest BCUT2D eigenvalue weighted by Crippen LogP contribution is -2.50. The number of ether oxygens (including phenoxy) is 2. The van der Waals surface area contributed by atoms with E-state index < -0.39 is 0 Å². The summed E-state index contributed by atoms with van der Waals surface area (Å²) in [6.45, 7) is 2.91. The Morgan fingerprint density at radius 2 is 1.62 bits per heavy atom. The second-order valence-electron chi connectivity index (χ2n) is 6.79. The third-order valence-corrected chi connectivity index (χ3v) is 4.85. The minimum Gasteiger partial charge on any atom is -0.495 e. The van der Waals surface area contributed by atoms with Gasteiger partial charge in [-0.1, -0.05) is 42.5 Å². The number of rotatable bonds is 8. The molecule has 1 fully saturated rings. The number of carbonyl (C=O) groups is 2. The number of nitrogens with one attached hydrogen (secondary N) is 1. The number of hydrogen-bond donors (Lipinski definition) is 1. The molecule has 1 aliphatic heterocycles. The average Bonchev–Trinajstić information content (AvgIpc) is 2.78. The van der Waals surface area contributed by atoms with Crippen LogP contribution in [-0.2, 0) is 20.9 Å². The van der Waals surface area contributed by atoms with Crippen LogP contribution in [0.3, 0.4) is 0 Å². The molecule has 1 N–H and O–H groups in total. The summed E-state index contributed by atoms with van der Waals surface area (Å²) in [5.74, 6) is 0.500. The lowest BCUT2D eigenvalue weighted by atomic mass is 10.2. The van der Waals surface area contributed by atoms with E-state index in [2.05, 4.69) is 10.2 Å². The van der Waals surface area contributed by atoms with Crippen molar-refractivity contribution in [1.82, 2.24) is 10.2 Å². The monoisotopic (exact) mass is 397 g/mol. The quantitative estimate of drug-likeness (QED) is 0.734. The van der Waals surface area contributed by atoms with Crippen LogP contribution in [0.5, 0.6) is 5.75 Å². The lowest BCUT2D eigenvalue weighted by Gasteiger charge is -2.36.